The lowest BCUT2D eigenvalue weighted by Crippen LogP contribution is -2.65. The van der Waals surface area contributed by atoms with Crippen molar-refractivity contribution in [2.75, 3.05) is 26.2 Å². The van der Waals surface area contributed by atoms with Crippen LogP contribution >= 0.6 is 0 Å². The average molecular weight is 226 g/mol. The minimum Gasteiger partial charge on any atom is -0.394 e. The molecule has 2 atom stereocenters. The van der Waals surface area contributed by atoms with Crippen LogP contribution in [0.2, 0.25) is 0 Å². The summed E-state index contributed by atoms with van der Waals surface area (Å²) in [5.74, 6) is 0. The van der Waals surface area contributed by atoms with Gasteiger partial charge < -0.3 is 10.4 Å². The van der Waals surface area contributed by atoms with Crippen LogP contribution in [0.15, 0.2) is 0 Å². The summed E-state index contributed by atoms with van der Waals surface area (Å²) < 4.78 is 0. The molecule has 16 heavy (non-hydrogen) atoms. The van der Waals surface area contributed by atoms with Crippen LogP contribution in [0.1, 0.15) is 45.4 Å². The summed E-state index contributed by atoms with van der Waals surface area (Å²) in [5.41, 5.74) is -0.00528. The fourth-order valence-electron chi connectivity index (χ4n) is 3.51. The van der Waals surface area contributed by atoms with Crippen LogP contribution in [0, 0.1) is 0 Å². The fourth-order valence-corrected chi connectivity index (χ4v) is 3.51. The number of aliphatic hydroxyl groups excluding tert-OH is 1. The molecule has 2 fully saturated rings. The number of aliphatic hydroxyl groups is 1. The fraction of sp³-hybridized carbons (Fsp3) is 1.00. The molecule has 2 unspecified atom stereocenters. The first-order valence-corrected chi connectivity index (χ1v) is 6.92. The zero-order chi connectivity index (χ0) is 11.4. The summed E-state index contributed by atoms with van der Waals surface area (Å²) in [5, 5.41) is 13.4. The van der Waals surface area contributed by atoms with Crippen molar-refractivity contribution in [1.29, 1.82) is 0 Å². The number of likely N-dealkylation sites (N-methyl/N-ethyl adjacent to an activating group) is 1. The molecule has 0 aliphatic carbocycles. The minimum absolute atomic E-state index is 0.00528. The lowest BCUT2D eigenvalue weighted by molar-refractivity contribution is 0.0124. The van der Waals surface area contributed by atoms with E-state index in [1.54, 1.807) is 0 Å². The molecule has 94 valence electrons. The molecule has 0 aromatic heterocycles. The Bertz CT molecular complexity index is 214. The van der Waals surface area contributed by atoms with Crippen LogP contribution in [-0.2, 0) is 0 Å². The molecule has 2 saturated heterocycles. The summed E-state index contributed by atoms with van der Waals surface area (Å²) in [6, 6.07) is 0.552. The van der Waals surface area contributed by atoms with Crippen molar-refractivity contribution < 1.29 is 5.11 Å². The van der Waals surface area contributed by atoms with Gasteiger partial charge in [-0.25, -0.2) is 0 Å². The molecule has 0 aromatic rings. The quantitative estimate of drug-likeness (QED) is 0.763. The standard InChI is InChI=1S/C13H26N2O/c1-2-15-10-6-3-7-12(15)13(11-16)8-4-5-9-14-13/h12,14,16H,2-11H2,1H3. The van der Waals surface area contributed by atoms with Gasteiger partial charge in [-0.15, -0.1) is 0 Å². The number of hydrogen-bond donors (Lipinski definition) is 2. The topological polar surface area (TPSA) is 35.5 Å². The van der Waals surface area contributed by atoms with Gasteiger partial charge in [0.2, 0.25) is 0 Å². The van der Waals surface area contributed by atoms with Gasteiger partial charge in [-0.3, -0.25) is 4.90 Å². The zero-order valence-corrected chi connectivity index (χ0v) is 10.5. The van der Waals surface area contributed by atoms with Gasteiger partial charge in [-0.2, -0.15) is 0 Å². The van der Waals surface area contributed by atoms with Crippen molar-refractivity contribution in [2.45, 2.75) is 57.0 Å². The second-order valence-electron chi connectivity index (χ2n) is 5.34. The van der Waals surface area contributed by atoms with Crippen molar-refractivity contribution in [3.63, 3.8) is 0 Å². The smallest absolute Gasteiger partial charge is 0.0628 e. The van der Waals surface area contributed by atoms with E-state index in [2.05, 4.69) is 17.1 Å². The van der Waals surface area contributed by atoms with Crippen LogP contribution in [0.3, 0.4) is 0 Å². The summed E-state index contributed by atoms with van der Waals surface area (Å²) in [4.78, 5) is 2.57. The number of hydrogen-bond acceptors (Lipinski definition) is 3. The Morgan fingerprint density at radius 2 is 2.19 bits per heavy atom. The van der Waals surface area contributed by atoms with Gasteiger partial charge in [0.05, 0.1) is 12.1 Å². The second kappa shape index (κ2) is 5.48. The van der Waals surface area contributed by atoms with Gasteiger partial charge >= 0.3 is 0 Å². The van der Waals surface area contributed by atoms with Gasteiger partial charge in [0.1, 0.15) is 0 Å². The number of nitrogens with one attached hydrogen (secondary N) is 1. The van der Waals surface area contributed by atoms with Crippen LogP contribution < -0.4 is 5.32 Å². The van der Waals surface area contributed by atoms with E-state index in [4.69, 9.17) is 0 Å². The predicted molar refractivity (Wildman–Crippen MR) is 66.6 cm³/mol. The summed E-state index contributed by atoms with van der Waals surface area (Å²) in [6.45, 7) is 5.95. The van der Waals surface area contributed by atoms with Crippen molar-refractivity contribution in [2.24, 2.45) is 0 Å². The van der Waals surface area contributed by atoms with Crippen molar-refractivity contribution in [1.82, 2.24) is 10.2 Å². The first-order valence-electron chi connectivity index (χ1n) is 6.92. The molecule has 0 saturated carbocycles. The lowest BCUT2D eigenvalue weighted by atomic mass is 9.78. The van der Waals surface area contributed by atoms with Gasteiger partial charge in [0, 0.05) is 6.04 Å². The molecule has 2 N–H and O–H groups in total. The Morgan fingerprint density at radius 1 is 1.31 bits per heavy atom. The van der Waals surface area contributed by atoms with E-state index in [9.17, 15) is 5.11 Å². The van der Waals surface area contributed by atoms with Crippen LogP contribution in [0.25, 0.3) is 0 Å². The molecule has 2 heterocycles. The lowest BCUT2D eigenvalue weighted by Gasteiger charge is -2.49. The first kappa shape index (κ1) is 12.3. The monoisotopic (exact) mass is 226 g/mol. The highest BCUT2D eigenvalue weighted by molar-refractivity contribution is 5.02. The van der Waals surface area contributed by atoms with Crippen LogP contribution in [0.5, 0.6) is 0 Å². The van der Waals surface area contributed by atoms with E-state index in [1.165, 1.54) is 38.6 Å². The Kier molecular flexibility index (Phi) is 4.22. The molecule has 0 aromatic carbocycles. The van der Waals surface area contributed by atoms with E-state index in [1.807, 2.05) is 0 Å². The summed E-state index contributed by atoms with van der Waals surface area (Å²) >= 11 is 0. The normalized spacial score (nSPS) is 37.5. The maximum atomic E-state index is 9.82. The van der Waals surface area contributed by atoms with E-state index >= 15 is 0 Å². The molecule has 3 nitrogen and oxygen atoms in total. The van der Waals surface area contributed by atoms with Crippen LogP contribution in [0.4, 0.5) is 0 Å². The largest absolute Gasteiger partial charge is 0.394 e. The summed E-state index contributed by atoms with van der Waals surface area (Å²) in [7, 11) is 0. The van der Waals surface area contributed by atoms with Crippen molar-refractivity contribution >= 4 is 0 Å². The molecular formula is C13H26N2O. The third kappa shape index (κ3) is 2.27. The first-order chi connectivity index (χ1) is 7.82. The Balaban J connectivity index is 2.10. The maximum absolute atomic E-state index is 9.82. The predicted octanol–water partition coefficient (Wildman–Crippen LogP) is 1.37. The Labute approximate surface area is 99.2 Å². The van der Waals surface area contributed by atoms with E-state index in [-0.39, 0.29) is 5.54 Å². The highest BCUT2D eigenvalue weighted by atomic mass is 16.3. The number of nitrogens with zero attached hydrogens (tertiary/aromatic N) is 1. The van der Waals surface area contributed by atoms with Crippen molar-refractivity contribution in [3.05, 3.63) is 0 Å². The maximum Gasteiger partial charge on any atom is 0.0628 e. The molecular weight excluding hydrogens is 200 g/mol. The molecule has 0 amide bonds. The molecule has 2 aliphatic rings. The molecule has 3 heteroatoms. The molecule has 0 bridgehead atoms. The minimum atomic E-state index is -0.00528. The van der Waals surface area contributed by atoms with Gasteiger partial charge in [-0.1, -0.05) is 19.8 Å². The summed E-state index contributed by atoms with van der Waals surface area (Å²) in [6.07, 6.45) is 7.57. The Hall–Kier alpha value is -0.120. The molecule has 2 aliphatic heterocycles. The molecule has 0 radical (unpaired) electrons. The van der Waals surface area contributed by atoms with E-state index in [0.717, 1.165) is 19.5 Å². The number of piperidine rings is 2. The average Bonchev–Trinajstić information content (AvgIpc) is 2.39. The third-order valence-corrected chi connectivity index (χ3v) is 4.47. The van der Waals surface area contributed by atoms with Gasteiger partial charge in [-0.05, 0) is 45.3 Å². The van der Waals surface area contributed by atoms with E-state index < -0.39 is 0 Å². The van der Waals surface area contributed by atoms with Crippen LogP contribution in [-0.4, -0.2) is 47.8 Å². The van der Waals surface area contributed by atoms with Gasteiger partial charge in [0.15, 0.2) is 0 Å². The highest BCUT2D eigenvalue weighted by Crippen LogP contribution is 2.31. The zero-order valence-electron chi connectivity index (χ0n) is 10.5. The number of likely N-dealkylation sites (tertiary alicyclic amines) is 1. The second-order valence-corrected chi connectivity index (χ2v) is 5.34. The highest BCUT2D eigenvalue weighted by Gasteiger charge is 2.42. The van der Waals surface area contributed by atoms with Gasteiger partial charge in [0.25, 0.3) is 0 Å². The van der Waals surface area contributed by atoms with E-state index in [0.29, 0.717) is 12.6 Å². The SMILES string of the molecule is CCN1CCCCC1C1(CO)CCCCN1. The van der Waals surface area contributed by atoms with Crippen molar-refractivity contribution in [3.8, 4) is 0 Å². The molecule has 0 spiro atoms. The number of rotatable bonds is 3. The third-order valence-electron chi connectivity index (χ3n) is 4.47. The molecule has 2 rings (SSSR count). The Morgan fingerprint density at radius 3 is 2.81 bits per heavy atom.